The molecule has 0 spiro atoms. The molecule has 2 aromatic heterocycles. The summed E-state index contributed by atoms with van der Waals surface area (Å²) in [7, 11) is 0. The summed E-state index contributed by atoms with van der Waals surface area (Å²) in [5.74, 6) is 1.45. The molecule has 0 radical (unpaired) electrons. The SMILES string of the molecule is C=C1CC[C@H]2[C@H](CN)[C@@H]([C@@]3(C)Cc4cnn(-c5ncc(F)cn5)c4C[C@@H]3CO)CC[C@]12C. The molecule has 3 aliphatic carbocycles. The third-order valence-corrected chi connectivity index (χ3v) is 9.43. The minimum Gasteiger partial charge on any atom is -0.396 e. The van der Waals surface area contributed by atoms with Crippen molar-refractivity contribution in [3.63, 3.8) is 0 Å². The van der Waals surface area contributed by atoms with Crippen LogP contribution in [-0.4, -0.2) is 38.0 Å². The van der Waals surface area contributed by atoms with Crippen molar-refractivity contribution in [1.29, 1.82) is 0 Å². The third kappa shape index (κ3) is 3.08. The van der Waals surface area contributed by atoms with E-state index in [2.05, 4.69) is 35.5 Å². The first-order valence-corrected chi connectivity index (χ1v) is 11.8. The first kappa shape index (κ1) is 21.7. The van der Waals surface area contributed by atoms with Gasteiger partial charge in [-0.15, -0.1) is 0 Å². The number of nitrogens with two attached hydrogens (primary N) is 1. The topological polar surface area (TPSA) is 89.9 Å². The van der Waals surface area contributed by atoms with Gasteiger partial charge in [-0.2, -0.15) is 5.10 Å². The van der Waals surface area contributed by atoms with Crippen LogP contribution in [0, 0.1) is 40.3 Å². The molecule has 2 aromatic rings. The third-order valence-electron chi connectivity index (χ3n) is 9.43. The van der Waals surface area contributed by atoms with Gasteiger partial charge >= 0.3 is 0 Å². The number of halogens is 1. The largest absolute Gasteiger partial charge is 0.396 e. The van der Waals surface area contributed by atoms with Crippen molar-refractivity contribution in [2.75, 3.05) is 13.2 Å². The monoisotopic (exact) mass is 439 g/mol. The zero-order valence-corrected chi connectivity index (χ0v) is 19.1. The van der Waals surface area contributed by atoms with Gasteiger partial charge in [0, 0.05) is 6.61 Å². The van der Waals surface area contributed by atoms with Crippen molar-refractivity contribution in [1.82, 2.24) is 19.7 Å². The molecule has 6 atom stereocenters. The fourth-order valence-electron chi connectivity index (χ4n) is 7.43. The Kier molecular flexibility index (Phi) is 5.25. The summed E-state index contributed by atoms with van der Waals surface area (Å²) in [4.78, 5) is 8.22. The Balaban J connectivity index is 1.49. The first-order valence-electron chi connectivity index (χ1n) is 11.8. The van der Waals surface area contributed by atoms with Gasteiger partial charge in [-0.1, -0.05) is 26.0 Å². The average molecular weight is 440 g/mol. The molecule has 0 unspecified atom stereocenters. The van der Waals surface area contributed by atoms with Crippen LogP contribution in [0.5, 0.6) is 0 Å². The molecule has 6 nitrogen and oxygen atoms in total. The molecule has 3 aliphatic rings. The van der Waals surface area contributed by atoms with Crippen LogP contribution in [0.15, 0.2) is 30.7 Å². The lowest BCUT2D eigenvalue weighted by atomic mass is 9.49. The second kappa shape index (κ2) is 7.73. The quantitative estimate of drug-likeness (QED) is 0.712. The van der Waals surface area contributed by atoms with E-state index in [4.69, 9.17) is 5.73 Å². The Morgan fingerprint density at radius 1 is 1.22 bits per heavy atom. The van der Waals surface area contributed by atoms with E-state index < -0.39 is 5.82 Å². The van der Waals surface area contributed by atoms with E-state index in [0.717, 1.165) is 43.8 Å². The molecule has 0 bridgehead atoms. The van der Waals surface area contributed by atoms with Crippen molar-refractivity contribution in [3.05, 3.63) is 47.8 Å². The van der Waals surface area contributed by atoms with E-state index >= 15 is 0 Å². The standard InChI is InChI=1S/C25H34FN5O/c1-15-4-5-20-19(10-27)21(6-7-24(15,20)2)25(3)9-16-11-30-31(22(16)8-17(25)14-32)23-28-12-18(26)13-29-23/h11-13,17,19-21,32H,1,4-10,14,27H2,2-3H3/t17-,19+,20+,21+,24-,25+/m1/s1. The maximum absolute atomic E-state index is 13.3. The van der Waals surface area contributed by atoms with Crippen molar-refractivity contribution < 1.29 is 9.50 Å². The van der Waals surface area contributed by atoms with Crippen LogP contribution in [-0.2, 0) is 12.8 Å². The van der Waals surface area contributed by atoms with Gasteiger partial charge in [0.25, 0.3) is 5.95 Å². The zero-order chi connectivity index (χ0) is 22.7. The van der Waals surface area contributed by atoms with E-state index in [9.17, 15) is 9.50 Å². The average Bonchev–Trinajstić information content (AvgIpc) is 3.32. The number of aromatic nitrogens is 4. The molecule has 32 heavy (non-hydrogen) atoms. The zero-order valence-electron chi connectivity index (χ0n) is 19.1. The summed E-state index contributed by atoms with van der Waals surface area (Å²) in [6.45, 7) is 9.95. The number of aliphatic hydroxyl groups excluding tert-OH is 1. The highest BCUT2D eigenvalue weighted by Gasteiger charge is 2.56. The summed E-state index contributed by atoms with van der Waals surface area (Å²) >= 11 is 0. The highest BCUT2D eigenvalue weighted by Crippen LogP contribution is 2.62. The van der Waals surface area contributed by atoms with Crippen LogP contribution in [0.1, 0.15) is 50.8 Å². The van der Waals surface area contributed by atoms with E-state index in [0.29, 0.717) is 36.7 Å². The fraction of sp³-hybridized carbons (Fsp3) is 0.640. The maximum Gasteiger partial charge on any atom is 0.250 e. The van der Waals surface area contributed by atoms with Crippen molar-refractivity contribution in [2.24, 2.45) is 40.2 Å². The summed E-state index contributed by atoms with van der Waals surface area (Å²) in [6.07, 6.45) is 10.3. The van der Waals surface area contributed by atoms with Gasteiger partial charge in [-0.05, 0) is 85.1 Å². The molecule has 0 amide bonds. The lowest BCUT2D eigenvalue weighted by Crippen LogP contribution is -2.53. The molecular weight excluding hydrogens is 405 g/mol. The number of allylic oxidation sites excluding steroid dienone is 1. The van der Waals surface area contributed by atoms with E-state index in [-0.39, 0.29) is 23.4 Å². The number of nitrogens with zero attached hydrogens (tertiary/aromatic N) is 4. The summed E-state index contributed by atoms with van der Waals surface area (Å²) < 4.78 is 15.0. The van der Waals surface area contributed by atoms with E-state index in [1.165, 1.54) is 17.6 Å². The Hall–Kier alpha value is -2.12. The second-order valence-electron chi connectivity index (χ2n) is 10.7. The van der Waals surface area contributed by atoms with Crippen LogP contribution in [0.4, 0.5) is 4.39 Å². The number of rotatable bonds is 4. The van der Waals surface area contributed by atoms with Crippen molar-refractivity contribution >= 4 is 0 Å². The lowest BCUT2D eigenvalue weighted by molar-refractivity contribution is -0.0538. The van der Waals surface area contributed by atoms with Gasteiger partial charge in [0.15, 0.2) is 5.82 Å². The predicted octanol–water partition coefficient (Wildman–Crippen LogP) is 3.47. The minimum atomic E-state index is -0.470. The van der Waals surface area contributed by atoms with Crippen LogP contribution >= 0.6 is 0 Å². The van der Waals surface area contributed by atoms with Gasteiger partial charge < -0.3 is 10.8 Å². The molecule has 3 N–H and O–H groups in total. The van der Waals surface area contributed by atoms with Crippen LogP contribution < -0.4 is 5.73 Å². The van der Waals surface area contributed by atoms with Crippen LogP contribution in [0.2, 0.25) is 0 Å². The van der Waals surface area contributed by atoms with Gasteiger partial charge in [-0.25, -0.2) is 19.0 Å². The van der Waals surface area contributed by atoms with E-state index in [1.54, 1.807) is 4.68 Å². The molecule has 7 heteroatoms. The Bertz CT molecular complexity index is 1020. The molecule has 2 fully saturated rings. The van der Waals surface area contributed by atoms with Gasteiger partial charge in [0.05, 0.1) is 24.3 Å². The van der Waals surface area contributed by atoms with Crippen LogP contribution in [0.25, 0.3) is 5.95 Å². The highest BCUT2D eigenvalue weighted by molar-refractivity contribution is 5.31. The van der Waals surface area contributed by atoms with Crippen LogP contribution in [0.3, 0.4) is 0 Å². The molecule has 172 valence electrons. The Morgan fingerprint density at radius 2 is 1.97 bits per heavy atom. The maximum atomic E-state index is 13.3. The highest BCUT2D eigenvalue weighted by atomic mass is 19.1. The molecule has 5 rings (SSSR count). The molecule has 0 aliphatic heterocycles. The lowest BCUT2D eigenvalue weighted by Gasteiger charge is -2.55. The number of hydrogen-bond donors (Lipinski definition) is 2. The first-order chi connectivity index (χ1) is 15.3. The predicted molar refractivity (Wildman–Crippen MR) is 120 cm³/mol. The number of aliphatic hydroxyl groups is 1. The number of fused-ring (bicyclic) bond motifs is 2. The molecular formula is C25H34FN5O. The minimum absolute atomic E-state index is 0.0610. The van der Waals surface area contributed by atoms with Gasteiger partial charge in [-0.3, -0.25) is 0 Å². The van der Waals surface area contributed by atoms with Gasteiger partial charge in [0.1, 0.15) is 0 Å². The molecule has 2 saturated carbocycles. The Labute approximate surface area is 189 Å². The van der Waals surface area contributed by atoms with Crippen molar-refractivity contribution in [3.8, 4) is 5.95 Å². The number of hydrogen-bond acceptors (Lipinski definition) is 5. The Morgan fingerprint density at radius 3 is 2.66 bits per heavy atom. The molecule has 0 aromatic carbocycles. The van der Waals surface area contributed by atoms with Gasteiger partial charge in [0.2, 0.25) is 0 Å². The fourth-order valence-corrected chi connectivity index (χ4v) is 7.43. The summed E-state index contributed by atoms with van der Waals surface area (Å²) in [5.41, 5.74) is 10.2. The summed E-state index contributed by atoms with van der Waals surface area (Å²) in [6, 6.07) is 0. The summed E-state index contributed by atoms with van der Waals surface area (Å²) in [5, 5.41) is 15.0. The smallest absolute Gasteiger partial charge is 0.250 e. The molecule has 2 heterocycles. The van der Waals surface area contributed by atoms with E-state index in [1.807, 2.05) is 6.20 Å². The molecule has 0 saturated heterocycles. The normalized spacial score (nSPS) is 36.7. The second-order valence-corrected chi connectivity index (χ2v) is 10.7. The van der Waals surface area contributed by atoms with Crippen molar-refractivity contribution in [2.45, 2.75) is 52.4 Å².